The standard InChI is InChI=1S/C6H10O7/c7-1-2(8)4(5(10)11)13-6(12)3(1)9/h1-4,6-9,12H,(H,10,11)/t1-,2-,3-,4-,6+/m1/s1. The number of carboxylic acid groups (broad SMARTS) is 1. The molecule has 5 N–H and O–H groups in total. The highest BCUT2D eigenvalue weighted by Gasteiger charge is 2.46. The van der Waals surface area contributed by atoms with Crippen molar-refractivity contribution in [3.05, 3.63) is 0 Å². The van der Waals surface area contributed by atoms with E-state index in [0.29, 0.717) is 0 Å². The lowest BCUT2D eigenvalue weighted by Gasteiger charge is -2.36. The Bertz CT molecular complexity index is 205. The predicted octanol–water partition coefficient (Wildman–Crippen LogP) is -3.13. The molecule has 0 saturated carbocycles. The average molecular weight is 194 g/mol. The van der Waals surface area contributed by atoms with Gasteiger partial charge in [0.2, 0.25) is 0 Å². The monoisotopic (exact) mass is 194 g/mol. The normalized spacial score (nSPS) is 46.0. The third-order valence-corrected chi connectivity index (χ3v) is 1.83. The number of rotatable bonds is 1. The Kier molecular flexibility index (Phi) is 2.84. The summed E-state index contributed by atoms with van der Waals surface area (Å²) in [4.78, 5) is 10.4. The number of ether oxygens (including phenoxy) is 1. The van der Waals surface area contributed by atoms with Crippen LogP contribution in [0.5, 0.6) is 0 Å². The van der Waals surface area contributed by atoms with E-state index in [2.05, 4.69) is 4.74 Å². The molecule has 0 amide bonds. The molecule has 0 aromatic rings. The summed E-state index contributed by atoms with van der Waals surface area (Å²) in [7, 11) is 0. The lowest BCUT2D eigenvalue weighted by atomic mass is 9.99. The quantitative estimate of drug-likeness (QED) is 0.298. The molecule has 1 rings (SSSR count). The van der Waals surface area contributed by atoms with Gasteiger partial charge in [-0.25, -0.2) is 4.79 Å². The van der Waals surface area contributed by atoms with E-state index < -0.39 is 36.7 Å². The first kappa shape index (κ1) is 10.4. The third kappa shape index (κ3) is 1.79. The second-order valence-electron chi connectivity index (χ2n) is 2.76. The van der Waals surface area contributed by atoms with Crippen LogP contribution in [0.4, 0.5) is 0 Å². The van der Waals surface area contributed by atoms with Crippen LogP contribution >= 0.6 is 0 Å². The summed E-state index contributed by atoms with van der Waals surface area (Å²) < 4.78 is 4.34. The van der Waals surface area contributed by atoms with Crippen LogP contribution in [0.1, 0.15) is 0 Å². The van der Waals surface area contributed by atoms with Gasteiger partial charge in [0, 0.05) is 0 Å². The van der Waals surface area contributed by atoms with Crippen LogP contribution in [0.3, 0.4) is 0 Å². The van der Waals surface area contributed by atoms with Crippen LogP contribution in [0.2, 0.25) is 0 Å². The average Bonchev–Trinajstić information content (AvgIpc) is 2.07. The van der Waals surface area contributed by atoms with Crippen LogP contribution in [-0.2, 0) is 9.53 Å². The Hall–Kier alpha value is -0.730. The van der Waals surface area contributed by atoms with E-state index in [-0.39, 0.29) is 0 Å². The molecule has 13 heavy (non-hydrogen) atoms. The Labute approximate surface area is 72.8 Å². The van der Waals surface area contributed by atoms with E-state index in [4.69, 9.17) is 25.5 Å². The van der Waals surface area contributed by atoms with Gasteiger partial charge in [-0.3, -0.25) is 0 Å². The lowest BCUT2D eigenvalue weighted by molar-refractivity contribution is -0.279. The molecule has 7 nitrogen and oxygen atoms in total. The first-order valence-corrected chi connectivity index (χ1v) is 3.55. The van der Waals surface area contributed by atoms with Gasteiger partial charge in [0.1, 0.15) is 18.3 Å². The third-order valence-electron chi connectivity index (χ3n) is 1.83. The molecule has 0 bridgehead atoms. The molecule has 0 radical (unpaired) electrons. The molecular weight excluding hydrogens is 184 g/mol. The van der Waals surface area contributed by atoms with Crippen LogP contribution in [0.15, 0.2) is 0 Å². The first-order valence-electron chi connectivity index (χ1n) is 3.55. The minimum atomic E-state index is -1.81. The van der Waals surface area contributed by atoms with Gasteiger partial charge in [-0.2, -0.15) is 0 Å². The maximum absolute atomic E-state index is 10.4. The van der Waals surface area contributed by atoms with Crippen molar-refractivity contribution in [2.75, 3.05) is 0 Å². The largest absolute Gasteiger partial charge is 0.479 e. The van der Waals surface area contributed by atoms with E-state index in [1.807, 2.05) is 0 Å². The van der Waals surface area contributed by atoms with Gasteiger partial charge >= 0.3 is 5.97 Å². The van der Waals surface area contributed by atoms with Crippen LogP contribution in [0.25, 0.3) is 0 Å². The fourth-order valence-corrected chi connectivity index (χ4v) is 1.07. The molecule has 1 fully saturated rings. The lowest BCUT2D eigenvalue weighted by Crippen LogP contribution is -2.59. The van der Waals surface area contributed by atoms with Gasteiger partial charge in [-0.1, -0.05) is 0 Å². The molecule has 1 aliphatic rings. The van der Waals surface area contributed by atoms with Crippen molar-refractivity contribution >= 4 is 5.97 Å². The molecule has 0 aromatic heterocycles. The number of carboxylic acids is 1. The Morgan fingerprint density at radius 2 is 1.54 bits per heavy atom. The molecule has 1 heterocycles. The number of carbonyl (C=O) groups is 1. The summed E-state index contributed by atoms with van der Waals surface area (Å²) in [5.74, 6) is -1.52. The molecule has 1 saturated heterocycles. The second-order valence-corrected chi connectivity index (χ2v) is 2.76. The van der Waals surface area contributed by atoms with Crippen molar-refractivity contribution in [2.24, 2.45) is 0 Å². The molecular formula is C6H10O7. The Morgan fingerprint density at radius 1 is 1.00 bits per heavy atom. The van der Waals surface area contributed by atoms with Gasteiger partial charge in [0.15, 0.2) is 12.4 Å². The first-order chi connectivity index (χ1) is 5.95. The summed E-state index contributed by atoms with van der Waals surface area (Å²) in [5, 5.41) is 44.4. The van der Waals surface area contributed by atoms with Crippen LogP contribution < -0.4 is 0 Å². The maximum atomic E-state index is 10.4. The minimum Gasteiger partial charge on any atom is -0.479 e. The van der Waals surface area contributed by atoms with Gasteiger partial charge < -0.3 is 30.3 Å². The van der Waals surface area contributed by atoms with E-state index in [9.17, 15) is 4.79 Å². The summed E-state index contributed by atoms with van der Waals surface area (Å²) in [6.45, 7) is 0. The molecule has 0 spiro atoms. The number of hydrogen-bond acceptors (Lipinski definition) is 6. The zero-order valence-electron chi connectivity index (χ0n) is 6.44. The number of aliphatic hydroxyl groups is 4. The molecule has 0 unspecified atom stereocenters. The SMILES string of the molecule is O=C(O)[C@@H]1O[C@H](O)[C@H](O)[C@H](O)[C@H]1O. The molecule has 1 aliphatic heterocycles. The molecule has 0 aromatic carbocycles. The van der Waals surface area contributed by atoms with E-state index >= 15 is 0 Å². The summed E-state index contributed by atoms with van der Waals surface area (Å²) >= 11 is 0. The summed E-state index contributed by atoms with van der Waals surface area (Å²) in [6, 6.07) is 0. The molecule has 76 valence electrons. The summed E-state index contributed by atoms with van der Waals surface area (Å²) in [5.41, 5.74) is 0. The maximum Gasteiger partial charge on any atom is 0.335 e. The van der Waals surface area contributed by atoms with Crippen molar-refractivity contribution in [1.29, 1.82) is 0 Å². The zero-order valence-corrected chi connectivity index (χ0v) is 6.44. The van der Waals surface area contributed by atoms with Crippen LogP contribution in [0, 0.1) is 0 Å². The second kappa shape index (κ2) is 3.56. The summed E-state index contributed by atoms with van der Waals surface area (Å²) in [6.07, 6.45) is -8.72. The number of aliphatic hydroxyl groups excluding tert-OH is 4. The Morgan fingerprint density at radius 3 is 2.00 bits per heavy atom. The van der Waals surface area contributed by atoms with E-state index in [1.54, 1.807) is 0 Å². The minimum absolute atomic E-state index is 1.52. The highest BCUT2D eigenvalue weighted by molar-refractivity contribution is 5.73. The van der Waals surface area contributed by atoms with E-state index in [0.717, 1.165) is 0 Å². The van der Waals surface area contributed by atoms with Gasteiger partial charge in [0.25, 0.3) is 0 Å². The fourth-order valence-electron chi connectivity index (χ4n) is 1.07. The number of hydrogen-bond donors (Lipinski definition) is 5. The Balaban J connectivity index is 2.76. The van der Waals surface area contributed by atoms with Crippen molar-refractivity contribution in [1.82, 2.24) is 0 Å². The van der Waals surface area contributed by atoms with Crippen molar-refractivity contribution in [3.63, 3.8) is 0 Å². The van der Waals surface area contributed by atoms with Crippen LogP contribution in [-0.4, -0.2) is 62.2 Å². The highest BCUT2D eigenvalue weighted by atomic mass is 16.6. The van der Waals surface area contributed by atoms with Gasteiger partial charge in [0.05, 0.1) is 0 Å². The van der Waals surface area contributed by atoms with Crippen molar-refractivity contribution in [2.45, 2.75) is 30.7 Å². The molecule has 7 heteroatoms. The molecule has 5 atom stereocenters. The molecule has 0 aliphatic carbocycles. The smallest absolute Gasteiger partial charge is 0.335 e. The van der Waals surface area contributed by atoms with Gasteiger partial charge in [-0.15, -0.1) is 0 Å². The highest BCUT2D eigenvalue weighted by Crippen LogP contribution is 2.19. The van der Waals surface area contributed by atoms with E-state index in [1.165, 1.54) is 0 Å². The fraction of sp³-hybridized carbons (Fsp3) is 0.833. The van der Waals surface area contributed by atoms with Crippen molar-refractivity contribution in [3.8, 4) is 0 Å². The number of aliphatic carboxylic acids is 1. The predicted molar refractivity (Wildman–Crippen MR) is 36.5 cm³/mol. The topological polar surface area (TPSA) is 127 Å². The zero-order chi connectivity index (χ0) is 10.2. The van der Waals surface area contributed by atoms with Gasteiger partial charge in [-0.05, 0) is 0 Å². The van der Waals surface area contributed by atoms with Crippen molar-refractivity contribution < 1.29 is 35.1 Å².